The van der Waals surface area contributed by atoms with E-state index in [2.05, 4.69) is 60.3 Å². The molecule has 0 saturated carbocycles. The van der Waals surface area contributed by atoms with Crippen molar-refractivity contribution in [2.45, 2.75) is 32.4 Å². The van der Waals surface area contributed by atoms with Crippen molar-refractivity contribution >= 4 is 11.3 Å². The summed E-state index contributed by atoms with van der Waals surface area (Å²) in [6.45, 7) is 5.88. The number of hydrogen-bond donors (Lipinski definition) is 1. The number of hydrogen-bond acceptors (Lipinski definition) is 3. The highest BCUT2D eigenvalue weighted by Gasteiger charge is 2.23. The standard InChI is InChI=1S/C17H23NOS/c1-3-18-16(12-14-10-11-20-13-14)17(19-4-2)15-8-6-5-7-9-15/h5-11,13,16-18H,3-4,12H2,1-2H3. The zero-order valence-electron chi connectivity index (χ0n) is 12.2. The zero-order chi connectivity index (χ0) is 14.2. The van der Waals surface area contributed by atoms with Gasteiger partial charge in [0.1, 0.15) is 0 Å². The molecule has 2 unspecified atom stereocenters. The molecule has 20 heavy (non-hydrogen) atoms. The topological polar surface area (TPSA) is 21.3 Å². The van der Waals surface area contributed by atoms with Crippen LogP contribution in [-0.4, -0.2) is 19.2 Å². The minimum Gasteiger partial charge on any atom is -0.372 e. The van der Waals surface area contributed by atoms with Gasteiger partial charge in [0, 0.05) is 12.6 Å². The summed E-state index contributed by atoms with van der Waals surface area (Å²) in [6.07, 6.45) is 1.10. The van der Waals surface area contributed by atoms with Crippen LogP contribution < -0.4 is 5.32 Å². The van der Waals surface area contributed by atoms with Crippen LogP contribution in [0.2, 0.25) is 0 Å². The Bertz CT molecular complexity index is 469. The second kappa shape index (κ2) is 8.20. The Hall–Kier alpha value is -1.16. The molecule has 0 spiro atoms. The van der Waals surface area contributed by atoms with E-state index in [0.29, 0.717) is 6.04 Å². The highest BCUT2D eigenvalue weighted by Crippen LogP contribution is 2.24. The molecule has 0 fully saturated rings. The zero-order valence-corrected chi connectivity index (χ0v) is 13.0. The van der Waals surface area contributed by atoms with Crippen molar-refractivity contribution in [3.05, 3.63) is 58.3 Å². The van der Waals surface area contributed by atoms with Crippen LogP contribution in [0, 0.1) is 0 Å². The lowest BCUT2D eigenvalue weighted by Crippen LogP contribution is -2.38. The molecule has 0 aliphatic heterocycles. The van der Waals surface area contributed by atoms with Crippen molar-refractivity contribution in [1.82, 2.24) is 5.32 Å². The first-order valence-corrected chi connectivity index (χ1v) is 8.20. The third kappa shape index (κ3) is 4.17. The largest absolute Gasteiger partial charge is 0.372 e. The van der Waals surface area contributed by atoms with Crippen LogP contribution >= 0.6 is 11.3 Å². The first-order valence-electron chi connectivity index (χ1n) is 7.26. The number of ether oxygens (including phenoxy) is 1. The molecular formula is C17H23NOS. The molecule has 2 rings (SSSR count). The minimum atomic E-state index is 0.0982. The van der Waals surface area contributed by atoms with E-state index in [4.69, 9.17) is 4.74 Å². The van der Waals surface area contributed by atoms with Gasteiger partial charge < -0.3 is 10.1 Å². The summed E-state index contributed by atoms with van der Waals surface area (Å²) in [6, 6.07) is 13.0. The second-order valence-electron chi connectivity index (χ2n) is 4.79. The maximum Gasteiger partial charge on any atom is 0.0980 e. The summed E-state index contributed by atoms with van der Waals surface area (Å²) < 4.78 is 6.03. The molecule has 0 bridgehead atoms. The molecule has 2 aromatic rings. The molecular weight excluding hydrogens is 266 g/mol. The van der Waals surface area contributed by atoms with Crippen molar-refractivity contribution in [3.63, 3.8) is 0 Å². The number of thiophene rings is 1. The van der Waals surface area contributed by atoms with E-state index in [9.17, 15) is 0 Å². The fraction of sp³-hybridized carbons (Fsp3) is 0.412. The first kappa shape index (κ1) is 15.2. The van der Waals surface area contributed by atoms with E-state index >= 15 is 0 Å². The maximum absolute atomic E-state index is 6.03. The summed E-state index contributed by atoms with van der Waals surface area (Å²) in [4.78, 5) is 0. The molecule has 0 saturated heterocycles. The van der Waals surface area contributed by atoms with Crippen molar-refractivity contribution in [1.29, 1.82) is 0 Å². The van der Waals surface area contributed by atoms with Crippen LogP contribution in [0.4, 0.5) is 0 Å². The van der Waals surface area contributed by atoms with Gasteiger partial charge in [-0.15, -0.1) is 0 Å². The van der Waals surface area contributed by atoms with Crippen molar-refractivity contribution in [2.75, 3.05) is 13.2 Å². The maximum atomic E-state index is 6.03. The smallest absolute Gasteiger partial charge is 0.0980 e. The summed E-state index contributed by atoms with van der Waals surface area (Å²) in [5.41, 5.74) is 2.62. The summed E-state index contributed by atoms with van der Waals surface area (Å²) in [5, 5.41) is 7.94. The summed E-state index contributed by atoms with van der Waals surface area (Å²) in [7, 11) is 0. The Labute approximate surface area is 125 Å². The summed E-state index contributed by atoms with van der Waals surface area (Å²) >= 11 is 1.75. The van der Waals surface area contributed by atoms with E-state index in [0.717, 1.165) is 19.6 Å². The Morgan fingerprint density at radius 1 is 1.15 bits per heavy atom. The number of nitrogens with one attached hydrogen (secondary N) is 1. The molecule has 0 amide bonds. The average Bonchev–Trinajstić information content (AvgIpc) is 2.98. The molecule has 2 nitrogen and oxygen atoms in total. The lowest BCUT2D eigenvalue weighted by Gasteiger charge is -2.28. The van der Waals surface area contributed by atoms with E-state index in [1.807, 2.05) is 6.07 Å². The molecule has 0 radical (unpaired) electrons. The van der Waals surface area contributed by atoms with Crippen LogP contribution in [0.3, 0.4) is 0 Å². The van der Waals surface area contributed by atoms with E-state index in [1.54, 1.807) is 11.3 Å². The minimum absolute atomic E-state index is 0.0982. The number of benzene rings is 1. The van der Waals surface area contributed by atoms with E-state index in [1.165, 1.54) is 11.1 Å². The molecule has 2 atom stereocenters. The number of likely N-dealkylation sites (N-methyl/N-ethyl adjacent to an activating group) is 1. The van der Waals surface area contributed by atoms with Gasteiger partial charge >= 0.3 is 0 Å². The molecule has 0 aliphatic rings. The molecule has 1 N–H and O–H groups in total. The Kier molecular flexibility index (Phi) is 6.25. The normalized spacial score (nSPS) is 14.1. The Morgan fingerprint density at radius 3 is 2.55 bits per heavy atom. The van der Waals surface area contributed by atoms with Crippen LogP contribution in [0.15, 0.2) is 47.2 Å². The highest BCUT2D eigenvalue weighted by atomic mass is 32.1. The van der Waals surface area contributed by atoms with Gasteiger partial charge in [0.15, 0.2) is 0 Å². The monoisotopic (exact) mass is 289 g/mol. The summed E-state index contributed by atoms with van der Waals surface area (Å²) in [5.74, 6) is 0. The van der Waals surface area contributed by atoms with Crippen molar-refractivity contribution in [3.8, 4) is 0 Å². The van der Waals surface area contributed by atoms with Gasteiger partial charge in [0.25, 0.3) is 0 Å². The Morgan fingerprint density at radius 2 is 1.95 bits per heavy atom. The predicted octanol–water partition coefficient (Wildman–Crippen LogP) is 4.05. The molecule has 0 aliphatic carbocycles. The predicted molar refractivity (Wildman–Crippen MR) is 86.3 cm³/mol. The molecule has 1 aromatic carbocycles. The fourth-order valence-corrected chi connectivity index (χ4v) is 3.16. The van der Waals surface area contributed by atoms with Crippen molar-refractivity contribution < 1.29 is 4.74 Å². The molecule has 1 heterocycles. The lowest BCUT2D eigenvalue weighted by atomic mass is 9.97. The van der Waals surface area contributed by atoms with Gasteiger partial charge in [-0.05, 0) is 47.8 Å². The number of rotatable bonds is 8. The third-order valence-electron chi connectivity index (χ3n) is 3.34. The second-order valence-corrected chi connectivity index (χ2v) is 5.57. The average molecular weight is 289 g/mol. The lowest BCUT2D eigenvalue weighted by molar-refractivity contribution is 0.0336. The van der Waals surface area contributed by atoms with Gasteiger partial charge in [0.2, 0.25) is 0 Å². The van der Waals surface area contributed by atoms with E-state index < -0.39 is 0 Å². The van der Waals surface area contributed by atoms with Gasteiger partial charge in [-0.25, -0.2) is 0 Å². The van der Waals surface area contributed by atoms with Crippen LogP contribution in [-0.2, 0) is 11.2 Å². The van der Waals surface area contributed by atoms with E-state index in [-0.39, 0.29) is 6.10 Å². The first-order chi connectivity index (χ1) is 9.85. The fourth-order valence-electron chi connectivity index (χ4n) is 2.48. The third-order valence-corrected chi connectivity index (χ3v) is 4.07. The quantitative estimate of drug-likeness (QED) is 0.791. The van der Waals surface area contributed by atoms with Crippen LogP contribution in [0.1, 0.15) is 31.1 Å². The van der Waals surface area contributed by atoms with Crippen LogP contribution in [0.25, 0.3) is 0 Å². The highest BCUT2D eigenvalue weighted by molar-refractivity contribution is 7.07. The van der Waals surface area contributed by atoms with Gasteiger partial charge in [-0.3, -0.25) is 0 Å². The molecule has 108 valence electrons. The Balaban J connectivity index is 2.18. The van der Waals surface area contributed by atoms with Gasteiger partial charge in [-0.2, -0.15) is 11.3 Å². The van der Waals surface area contributed by atoms with Gasteiger partial charge in [-0.1, -0.05) is 37.3 Å². The molecule has 1 aromatic heterocycles. The van der Waals surface area contributed by atoms with Gasteiger partial charge in [0.05, 0.1) is 6.10 Å². The van der Waals surface area contributed by atoms with Crippen molar-refractivity contribution in [2.24, 2.45) is 0 Å². The van der Waals surface area contributed by atoms with Crippen LogP contribution in [0.5, 0.6) is 0 Å². The SMILES string of the molecule is CCNC(Cc1ccsc1)C(OCC)c1ccccc1. The molecule has 3 heteroatoms.